The summed E-state index contributed by atoms with van der Waals surface area (Å²) in [5.41, 5.74) is 0.960. The minimum atomic E-state index is -3.16. The fourth-order valence-electron chi connectivity index (χ4n) is 3.01. The van der Waals surface area contributed by atoms with Crippen LogP contribution in [0.2, 0.25) is 0 Å². The SMILES string of the molecule is COc1ccc(C2(CNS(=O)(=O)C3CC3)CCOCC2)cc1. The maximum Gasteiger partial charge on any atom is 0.214 e. The predicted molar refractivity (Wildman–Crippen MR) is 84.7 cm³/mol. The van der Waals surface area contributed by atoms with Gasteiger partial charge in [-0.25, -0.2) is 13.1 Å². The molecule has 6 heteroatoms. The summed E-state index contributed by atoms with van der Waals surface area (Å²) in [6.45, 7) is 1.77. The molecular formula is C16H23NO4S. The molecule has 0 amide bonds. The number of rotatable bonds is 6. The van der Waals surface area contributed by atoms with Gasteiger partial charge in [0.1, 0.15) is 5.75 Å². The first-order chi connectivity index (χ1) is 10.6. The van der Waals surface area contributed by atoms with E-state index in [1.54, 1.807) is 7.11 Å². The average molecular weight is 325 g/mol. The molecule has 1 aromatic rings. The first-order valence-electron chi connectivity index (χ1n) is 7.76. The van der Waals surface area contributed by atoms with Gasteiger partial charge in [-0.15, -0.1) is 0 Å². The summed E-state index contributed by atoms with van der Waals surface area (Å²) >= 11 is 0. The lowest BCUT2D eigenvalue weighted by molar-refractivity contribution is 0.0517. The molecule has 1 aliphatic carbocycles. The number of hydrogen-bond donors (Lipinski definition) is 1. The maximum absolute atomic E-state index is 12.1. The highest BCUT2D eigenvalue weighted by atomic mass is 32.2. The highest BCUT2D eigenvalue weighted by molar-refractivity contribution is 7.90. The average Bonchev–Trinajstić information content (AvgIpc) is 3.40. The van der Waals surface area contributed by atoms with Gasteiger partial charge >= 0.3 is 0 Å². The minimum absolute atomic E-state index is 0.180. The van der Waals surface area contributed by atoms with Crippen molar-refractivity contribution in [3.63, 3.8) is 0 Å². The van der Waals surface area contributed by atoms with E-state index in [0.717, 1.165) is 37.0 Å². The van der Waals surface area contributed by atoms with Crippen LogP contribution in [-0.2, 0) is 20.2 Å². The Bertz CT molecular complexity index is 602. The zero-order valence-electron chi connectivity index (χ0n) is 12.9. The first kappa shape index (κ1) is 15.8. The van der Waals surface area contributed by atoms with Crippen molar-refractivity contribution in [3.8, 4) is 5.75 Å². The largest absolute Gasteiger partial charge is 0.497 e. The van der Waals surface area contributed by atoms with Crippen LogP contribution in [0, 0.1) is 0 Å². The zero-order valence-corrected chi connectivity index (χ0v) is 13.7. The third-order valence-corrected chi connectivity index (χ3v) is 6.62. The van der Waals surface area contributed by atoms with Gasteiger partial charge < -0.3 is 9.47 Å². The summed E-state index contributed by atoms with van der Waals surface area (Å²) in [7, 11) is -1.52. The second-order valence-electron chi connectivity index (χ2n) is 6.19. The Labute approximate surface area is 132 Å². The molecule has 3 rings (SSSR count). The zero-order chi connectivity index (χ0) is 15.6. The molecule has 0 atom stereocenters. The molecule has 0 unspecified atom stereocenters. The van der Waals surface area contributed by atoms with Crippen LogP contribution >= 0.6 is 0 Å². The van der Waals surface area contributed by atoms with Gasteiger partial charge in [-0.05, 0) is 43.4 Å². The third kappa shape index (κ3) is 3.29. The summed E-state index contributed by atoms with van der Waals surface area (Å²) in [5, 5.41) is -0.180. The lowest BCUT2D eigenvalue weighted by Crippen LogP contribution is -2.45. The number of hydrogen-bond acceptors (Lipinski definition) is 4. The van der Waals surface area contributed by atoms with Gasteiger partial charge in [-0.2, -0.15) is 0 Å². The topological polar surface area (TPSA) is 64.6 Å². The molecule has 22 heavy (non-hydrogen) atoms. The Morgan fingerprint density at radius 3 is 2.41 bits per heavy atom. The van der Waals surface area contributed by atoms with Crippen LogP contribution in [0.5, 0.6) is 5.75 Å². The molecule has 1 heterocycles. The number of ether oxygens (including phenoxy) is 2. The van der Waals surface area contributed by atoms with Crippen LogP contribution < -0.4 is 9.46 Å². The number of benzene rings is 1. The smallest absolute Gasteiger partial charge is 0.214 e. The third-order valence-electron chi connectivity index (χ3n) is 4.73. The molecule has 2 fully saturated rings. The van der Waals surface area contributed by atoms with E-state index in [1.165, 1.54) is 0 Å². The molecule has 2 aliphatic rings. The maximum atomic E-state index is 12.1. The lowest BCUT2D eigenvalue weighted by Gasteiger charge is -2.38. The van der Waals surface area contributed by atoms with Gasteiger partial charge in [-0.3, -0.25) is 0 Å². The van der Waals surface area contributed by atoms with E-state index in [-0.39, 0.29) is 10.7 Å². The van der Waals surface area contributed by atoms with Crippen molar-refractivity contribution in [1.29, 1.82) is 0 Å². The highest BCUT2D eigenvalue weighted by Crippen LogP contribution is 2.36. The van der Waals surface area contributed by atoms with Gasteiger partial charge in [0.25, 0.3) is 0 Å². The Hall–Kier alpha value is -1.11. The molecule has 0 bridgehead atoms. The Morgan fingerprint density at radius 2 is 1.86 bits per heavy atom. The van der Waals surface area contributed by atoms with Gasteiger partial charge in [0.15, 0.2) is 0 Å². The molecule has 1 aromatic carbocycles. The predicted octanol–water partition coefficient (Wildman–Crippen LogP) is 1.83. The summed E-state index contributed by atoms with van der Waals surface area (Å²) in [6, 6.07) is 7.94. The van der Waals surface area contributed by atoms with Crippen LogP contribution in [0.15, 0.2) is 24.3 Å². The quantitative estimate of drug-likeness (QED) is 0.866. The normalized spacial score (nSPS) is 21.5. The number of methoxy groups -OCH3 is 1. The summed E-state index contributed by atoms with van der Waals surface area (Å²) in [5.74, 6) is 0.810. The number of sulfonamides is 1. The molecule has 0 radical (unpaired) electrons. The fourth-order valence-corrected chi connectivity index (χ4v) is 4.48. The second-order valence-corrected chi connectivity index (χ2v) is 8.23. The van der Waals surface area contributed by atoms with Gasteiger partial charge in [0, 0.05) is 25.2 Å². The summed E-state index contributed by atoms with van der Waals surface area (Å²) in [6.07, 6.45) is 3.22. The van der Waals surface area contributed by atoms with Crippen LogP contribution in [0.4, 0.5) is 0 Å². The molecule has 1 saturated heterocycles. The van der Waals surface area contributed by atoms with Crippen LogP contribution in [0.3, 0.4) is 0 Å². The molecule has 1 aliphatic heterocycles. The highest BCUT2D eigenvalue weighted by Gasteiger charge is 2.40. The van der Waals surface area contributed by atoms with Crippen molar-refractivity contribution in [3.05, 3.63) is 29.8 Å². The van der Waals surface area contributed by atoms with E-state index in [4.69, 9.17) is 9.47 Å². The molecular weight excluding hydrogens is 302 g/mol. The van der Waals surface area contributed by atoms with Crippen molar-refractivity contribution < 1.29 is 17.9 Å². The molecule has 1 saturated carbocycles. The fraction of sp³-hybridized carbons (Fsp3) is 0.625. The first-order valence-corrected chi connectivity index (χ1v) is 9.31. The van der Waals surface area contributed by atoms with E-state index in [0.29, 0.717) is 19.8 Å². The molecule has 5 nitrogen and oxygen atoms in total. The second kappa shape index (κ2) is 6.18. The van der Waals surface area contributed by atoms with E-state index in [1.807, 2.05) is 24.3 Å². The van der Waals surface area contributed by atoms with E-state index in [2.05, 4.69) is 4.72 Å². The molecule has 1 N–H and O–H groups in total. The summed E-state index contributed by atoms with van der Waals surface area (Å²) in [4.78, 5) is 0. The molecule has 122 valence electrons. The van der Waals surface area contributed by atoms with Crippen molar-refractivity contribution in [2.24, 2.45) is 0 Å². The van der Waals surface area contributed by atoms with E-state index in [9.17, 15) is 8.42 Å². The van der Waals surface area contributed by atoms with Crippen molar-refractivity contribution >= 4 is 10.0 Å². The van der Waals surface area contributed by atoms with Crippen molar-refractivity contribution in [1.82, 2.24) is 4.72 Å². The summed E-state index contributed by atoms with van der Waals surface area (Å²) < 4.78 is 37.8. The van der Waals surface area contributed by atoms with E-state index < -0.39 is 10.0 Å². The Balaban J connectivity index is 1.80. The van der Waals surface area contributed by atoms with Crippen LogP contribution in [0.25, 0.3) is 0 Å². The van der Waals surface area contributed by atoms with E-state index >= 15 is 0 Å². The Kier molecular flexibility index (Phi) is 4.43. The van der Waals surface area contributed by atoms with Gasteiger partial charge in [-0.1, -0.05) is 12.1 Å². The monoisotopic (exact) mass is 325 g/mol. The Morgan fingerprint density at radius 1 is 1.23 bits per heavy atom. The van der Waals surface area contributed by atoms with Crippen LogP contribution in [0.1, 0.15) is 31.2 Å². The standard InChI is InChI=1S/C16H23NO4S/c1-20-14-4-2-13(3-5-14)16(8-10-21-11-9-16)12-17-22(18,19)15-6-7-15/h2-5,15,17H,6-12H2,1H3. The molecule has 0 spiro atoms. The minimum Gasteiger partial charge on any atom is -0.497 e. The van der Waals surface area contributed by atoms with Crippen molar-refractivity contribution in [2.75, 3.05) is 26.9 Å². The lowest BCUT2D eigenvalue weighted by atomic mass is 9.74. The number of nitrogens with one attached hydrogen (secondary N) is 1. The van der Waals surface area contributed by atoms with Gasteiger partial charge in [0.2, 0.25) is 10.0 Å². The van der Waals surface area contributed by atoms with Gasteiger partial charge in [0.05, 0.1) is 12.4 Å². The molecule has 0 aromatic heterocycles. The van der Waals surface area contributed by atoms with Crippen LogP contribution in [-0.4, -0.2) is 40.5 Å². The van der Waals surface area contributed by atoms with Crippen molar-refractivity contribution in [2.45, 2.75) is 36.3 Å².